The van der Waals surface area contributed by atoms with Crippen LogP contribution in [0.4, 0.5) is 11.4 Å². The number of aryl methyl sites for hydroxylation is 1. The van der Waals surface area contributed by atoms with Crippen molar-refractivity contribution in [2.45, 2.75) is 6.92 Å². The zero-order chi connectivity index (χ0) is 18.7. The van der Waals surface area contributed by atoms with E-state index in [2.05, 4.69) is 48.6 Å². The van der Waals surface area contributed by atoms with Gasteiger partial charge in [-0.1, -0.05) is 54.1 Å². The van der Waals surface area contributed by atoms with Gasteiger partial charge in [-0.05, 0) is 41.3 Å². The Kier molecular flexibility index (Phi) is 4.94. The minimum atomic E-state index is -0.417. The maximum Gasteiger partial charge on any atom is 0.340 e. The van der Waals surface area contributed by atoms with Crippen LogP contribution in [-0.4, -0.2) is 20.1 Å². The third kappa shape index (κ3) is 3.40. The second kappa shape index (κ2) is 7.31. The SMILES string of the molecule is CNc1c(N)cc(-c2ccc(-c3cccc(C)c3)cc2)cc1C(=O)OC. The summed E-state index contributed by atoms with van der Waals surface area (Å²) in [6.45, 7) is 2.08. The average molecular weight is 346 g/mol. The first-order chi connectivity index (χ1) is 12.5. The number of anilines is 2. The van der Waals surface area contributed by atoms with Crippen molar-refractivity contribution < 1.29 is 9.53 Å². The maximum absolute atomic E-state index is 12.1. The number of benzene rings is 3. The molecule has 0 spiro atoms. The summed E-state index contributed by atoms with van der Waals surface area (Å²) in [7, 11) is 3.09. The third-order valence-corrected chi connectivity index (χ3v) is 4.39. The summed E-state index contributed by atoms with van der Waals surface area (Å²) >= 11 is 0. The van der Waals surface area contributed by atoms with E-state index in [4.69, 9.17) is 10.5 Å². The van der Waals surface area contributed by atoms with E-state index in [1.807, 2.05) is 18.2 Å². The van der Waals surface area contributed by atoms with Gasteiger partial charge in [-0.2, -0.15) is 0 Å². The van der Waals surface area contributed by atoms with Gasteiger partial charge in [0.25, 0.3) is 0 Å². The van der Waals surface area contributed by atoms with Crippen molar-refractivity contribution in [1.82, 2.24) is 0 Å². The Balaban J connectivity index is 2.01. The molecule has 0 aliphatic heterocycles. The van der Waals surface area contributed by atoms with E-state index in [-0.39, 0.29) is 0 Å². The molecule has 0 aromatic heterocycles. The number of nitrogen functional groups attached to an aromatic ring is 1. The number of hydrogen-bond acceptors (Lipinski definition) is 4. The van der Waals surface area contributed by atoms with Crippen LogP contribution in [0.1, 0.15) is 15.9 Å². The first-order valence-electron chi connectivity index (χ1n) is 8.40. The Bertz CT molecular complexity index is 947. The minimum Gasteiger partial charge on any atom is -0.465 e. The van der Waals surface area contributed by atoms with E-state index in [0.29, 0.717) is 16.9 Å². The molecule has 0 aliphatic rings. The van der Waals surface area contributed by atoms with Crippen LogP contribution in [0.15, 0.2) is 60.7 Å². The smallest absolute Gasteiger partial charge is 0.340 e. The highest BCUT2D eigenvalue weighted by Gasteiger charge is 2.16. The summed E-state index contributed by atoms with van der Waals surface area (Å²) in [4.78, 5) is 12.1. The van der Waals surface area contributed by atoms with Gasteiger partial charge in [-0.15, -0.1) is 0 Å². The van der Waals surface area contributed by atoms with Crippen LogP contribution in [0.5, 0.6) is 0 Å². The second-order valence-electron chi connectivity index (χ2n) is 6.18. The molecule has 0 bridgehead atoms. The van der Waals surface area contributed by atoms with E-state index >= 15 is 0 Å². The predicted molar refractivity (Wildman–Crippen MR) is 107 cm³/mol. The molecule has 0 aliphatic carbocycles. The highest BCUT2D eigenvalue weighted by Crippen LogP contribution is 2.32. The second-order valence-corrected chi connectivity index (χ2v) is 6.18. The largest absolute Gasteiger partial charge is 0.465 e. The zero-order valence-electron chi connectivity index (χ0n) is 15.2. The first-order valence-corrected chi connectivity index (χ1v) is 8.40. The lowest BCUT2D eigenvalue weighted by atomic mass is 9.97. The maximum atomic E-state index is 12.1. The van der Waals surface area contributed by atoms with Crippen molar-refractivity contribution in [2.75, 3.05) is 25.2 Å². The number of ether oxygens (including phenoxy) is 1. The van der Waals surface area contributed by atoms with Crippen molar-refractivity contribution >= 4 is 17.3 Å². The molecule has 3 N–H and O–H groups in total. The molecule has 0 saturated heterocycles. The van der Waals surface area contributed by atoms with E-state index in [9.17, 15) is 4.79 Å². The Hall–Kier alpha value is -3.27. The number of nitrogens with two attached hydrogens (primary N) is 1. The number of carbonyl (C=O) groups excluding carboxylic acids is 1. The van der Waals surface area contributed by atoms with E-state index < -0.39 is 5.97 Å². The predicted octanol–water partition coefficient (Wildman–Crippen LogP) is 4.74. The van der Waals surface area contributed by atoms with Crippen molar-refractivity contribution in [2.24, 2.45) is 0 Å². The van der Waals surface area contributed by atoms with Crippen molar-refractivity contribution in [3.05, 3.63) is 71.8 Å². The summed E-state index contributed by atoms with van der Waals surface area (Å²) in [6.07, 6.45) is 0. The average Bonchev–Trinajstić information content (AvgIpc) is 2.67. The van der Waals surface area contributed by atoms with Gasteiger partial charge in [0.05, 0.1) is 24.0 Å². The molecule has 26 heavy (non-hydrogen) atoms. The number of carbonyl (C=O) groups is 1. The number of hydrogen-bond donors (Lipinski definition) is 2. The van der Waals surface area contributed by atoms with Crippen LogP contribution in [0.2, 0.25) is 0 Å². The molecule has 0 amide bonds. The third-order valence-electron chi connectivity index (χ3n) is 4.39. The van der Waals surface area contributed by atoms with Crippen LogP contribution in [0, 0.1) is 6.92 Å². The molecule has 0 heterocycles. The quantitative estimate of drug-likeness (QED) is 0.529. The summed E-state index contributed by atoms with van der Waals surface area (Å²) in [5.41, 5.74) is 13.0. The molecular weight excluding hydrogens is 324 g/mol. The van der Waals surface area contributed by atoms with Crippen molar-refractivity contribution in [3.63, 3.8) is 0 Å². The summed E-state index contributed by atoms with van der Waals surface area (Å²) < 4.78 is 4.88. The lowest BCUT2D eigenvalue weighted by Gasteiger charge is -2.13. The fraction of sp³-hybridized carbons (Fsp3) is 0.136. The molecule has 3 aromatic rings. The number of methoxy groups -OCH3 is 1. The molecule has 4 heteroatoms. The lowest BCUT2D eigenvalue weighted by molar-refractivity contribution is 0.0602. The monoisotopic (exact) mass is 346 g/mol. The minimum absolute atomic E-state index is 0.417. The van der Waals surface area contributed by atoms with Gasteiger partial charge in [-0.25, -0.2) is 4.79 Å². The molecule has 132 valence electrons. The molecule has 4 nitrogen and oxygen atoms in total. The van der Waals surface area contributed by atoms with Gasteiger partial charge >= 0.3 is 5.97 Å². The summed E-state index contributed by atoms with van der Waals surface area (Å²) in [5.74, 6) is -0.417. The Morgan fingerprint density at radius 1 is 0.923 bits per heavy atom. The van der Waals surface area contributed by atoms with Crippen molar-refractivity contribution in [3.8, 4) is 22.3 Å². The normalized spacial score (nSPS) is 10.4. The Morgan fingerprint density at radius 2 is 1.58 bits per heavy atom. The standard InChI is InChI=1S/C22H22N2O2/c1-14-5-4-6-17(11-14)15-7-9-16(10-8-15)18-12-19(22(25)26-3)21(24-2)20(23)13-18/h4-13,24H,23H2,1-3H3. The Morgan fingerprint density at radius 3 is 2.15 bits per heavy atom. The van der Waals surface area contributed by atoms with Crippen LogP contribution < -0.4 is 11.1 Å². The van der Waals surface area contributed by atoms with Crippen LogP contribution >= 0.6 is 0 Å². The first kappa shape index (κ1) is 17.5. The van der Waals surface area contributed by atoms with Gasteiger partial charge in [-0.3, -0.25) is 0 Å². The molecular formula is C22H22N2O2. The summed E-state index contributed by atoms with van der Waals surface area (Å²) in [6, 6.07) is 20.3. The highest BCUT2D eigenvalue weighted by molar-refractivity contribution is 6.00. The lowest BCUT2D eigenvalue weighted by Crippen LogP contribution is -2.08. The van der Waals surface area contributed by atoms with Gasteiger partial charge in [0.2, 0.25) is 0 Å². The fourth-order valence-corrected chi connectivity index (χ4v) is 3.06. The van der Waals surface area contributed by atoms with E-state index in [1.54, 1.807) is 13.1 Å². The van der Waals surface area contributed by atoms with Gasteiger partial charge in [0.1, 0.15) is 0 Å². The van der Waals surface area contributed by atoms with Crippen LogP contribution in [0.3, 0.4) is 0 Å². The number of nitrogens with one attached hydrogen (secondary N) is 1. The number of esters is 1. The molecule has 0 fully saturated rings. The fourth-order valence-electron chi connectivity index (χ4n) is 3.06. The van der Waals surface area contributed by atoms with E-state index in [1.165, 1.54) is 18.2 Å². The molecule has 3 rings (SSSR count). The van der Waals surface area contributed by atoms with Crippen LogP contribution in [-0.2, 0) is 4.74 Å². The molecule has 0 radical (unpaired) electrons. The summed E-state index contributed by atoms with van der Waals surface area (Å²) in [5, 5.41) is 2.97. The molecule has 0 atom stereocenters. The topological polar surface area (TPSA) is 64.3 Å². The van der Waals surface area contributed by atoms with Crippen molar-refractivity contribution in [1.29, 1.82) is 0 Å². The van der Waals surface area contributed by atoms with Gasteiger partial charge in [0, 0.05) is 7.05 Å². The Labute approximate surface area is 153 Å². The molecule has 0 unspecified atom stereocenters. The van der Waals surface area contributed by atoms with Gasteiger partial charge in [0.15, 0.2) is 0 Å². The molecule has 0 saturated carbocycles. The van der Waals surface area contributed by atoms with Crippen LogP contribution in [0.25, 0.3) is 22.3 Å². The zero-order valence-corrected chi connectivity index (χ0v) is 15.2. The van der Waals surface area contributed by atoms with E-state index in [0.717, 1.165) is 16.7 Å². The highest BCUT2D eigenvalue weighted by atomic mass is 16.5. The number of rotatable bonds is 4. The van der Waals surface area contributed by atoms with Gasteiger partial charge < -0.3 is 15.8 Å². The molecule has 3 aromatic carbocycles.